The van der Waals surface area contributed by atoms with Gasteiger partial charge in [0.25, 0.3) is 5.91 Å². The van der Waals surface area contributed by atoms with Gasteiger partial charge in [0.2, 0.25) is 0 Å². The maximum absolute atomic E-state index is 12.8. The lowest BCUT2D eigenvalue weighted by molar-refractivity contribution is -0.139. The first-order chi connectivity index (χ1) is 14.1. The Hall–Kier alpha value is -3.67. The van der Waals surface area contributed by atoms with Crippen LogP contribution in [0, 0.1) is 0 Å². The lowest BCUT2D eigenvalue weighted by atomic mass is 9.96. The molecule has 148 valence electrons. The molecule has 0 bridgehead atoms. The van der Waals surface area contributed by atoms with Crippen molar-refractivity contribution in [3.8, 4) is 16.9 Å². The second-order valence-corrected chi connectivity index (χ2v) is 6.50. The molecule has 0 radical (unpaired) electrons. The van der Waals surface area contributed by atoms with Crippen molar-refractivity contribution in [3.63, 3.8) is 0 Å². The number of carbonyl (C=O) groups is 2. The average molecular weight is 390 g/mol. The molecule has 1 amide bonds. The molecule has 2 aromatic carbocycles. The molecule has 0 aliphatic heterocycles. The van der Waals surface area contributed by atoms with Gasteiger partial charge >= 0.3 is 5.97 Å². The van der Waals surface area contributed by atoms with E-state index in [1.165, 1.54) is 0 Å². The van der Waals surface area contributed by atoms with Crippen LogP contribution in [0.1, 0.15) is 29.3 Å². The Kier molecular flexibility index (Phi) is 6.58. The highest BCUT2D eigenvalue weighted by Gasteiger charge is 2.21. The van der Waals surface area contributed by atoms with Crippen molar-refractivity contribution in [3.05, 3.63) is 84.2 Å². The van der Waals surface area contributed by atoms with Crippen LogP contribution in [0.5, 0.6) is 5.75 Å². The zero-order valence-corrected chi connectivity index (χ0v) is 16.0. The minimum Gasteiger partial charge on any atom is -0.487 e. The third kappa shape index (κ3) is 5.19. The number of pyridine rings is 1. The zero-order valence-electron chi connectivity index (χ0n) is 16.0. The standard InChI is InChI=1S/C23H22N2O4/c1-2-21(23(27)28)25-22(26)19-11-10-16(15-29-18-9-6-12-24-14-18)13-20(19)17-7-4-3-5-8-17/h3-14,21H,2,15H2,1H3,(H,25,26)(H,27,28). The molecule has 2 N–H and O–H groups in total. The Labute approximate surface area is 169 Å². The number of carboxylic acid groups (broad SMARTS) is 1. The quantitative estimate of drug-likeness (QED) is 0.609. The van der Waals surface area contributed by atoms with Gasteiger partial charge < -0.3 is 15.2 Å². The van der Waals surface area contributed by atoms with Crippen LogP contribution in [0.2, 0.25) is 0 Å². The first-order valence-electron chi connectivity index (χ1n) is 9.33. The number of hydrogen-bond donors (Lipinski definition) is 2. The molecule has 0 aliphatic carbocycles. The molecule has 1 atom stereocenters. The lowest BCUT2D eigenvalue weighted by Crippen LogP contribution is -2.40. The van der Waals surface area contributed by atoms with Gasteiger partial charge in [-0.25, -0.2) is 4.79 Å². The maximum Gasteiger partial charge on any atom is 0.326 e. The smallest absolute Gasteiger partial charge is 0.326 e. The number of ether oxygens (including phenoxy) is 1. The van der Waals surface area contributed by atoms with Crippen molar-refractivity contribution in [2.24, 2.45) is 0 Å². The highest BCUT2D eigenvalue weighted by molar-refractivity contribution is 6.02. The summed E-state index contributed by atoms with van der Waals surface area (Å²) in [5.74, 6) is -0.816. The highest BCUT2D eigenvalue weighted by atomic mass is 16.5. The van der Waals surface area contributed by atoms with Crippen LogP contribution in [-0.2, 0) is 11.4 Å². The topological polar surface area (TPSA) is 88.5 Å². The summed E-state index contributed by atoms with van der Waals surface area (Å²) in [6.07, 6.45) is 3.62. The molecular weight excluding hydrogens is 368 g/mol. The molecular formula is C23H22N2O4. The SMILES string of the molecule is CCC(NC(=O)c1ccc(COc2cccnc2)cc1-c1ccccc1)C(=O)O. The van der Waals surface area contributed by atoms with Gasteiger partial charge in [-0.1, -0.05) is 43.3 Å². The van der Waals surface area contributed by atoms with E-state index in [1.807, 2.05) is 42.5 Å². The predicted octanol–water partition coefficient (Wildman–Crippen LogP) is 3.92. The van der Waals surface area contributed by atoms with Crippen LogP contribution in [0.25, 0.3) is 11.1 Å². The van der Waals surface area contributed by atoms with Crippen LogP contribution in [-0.4, -0.2) is 28.0 Å². The fourth-order valence-corrected chi connectivity index (χ4v) is 2.91. The normalized spacial score (nSPS) is 11.5. The molecule has 1 heterocycles. The minimum atomic E-state index is -1.05. The number of nitrogens with one attached hydrogen (secondary N) is 1. The van der Waals surface area contributed by atoms with Crippen LogP contribution < -0.4 is 10.1 Å². The molecule has 29 heavy (non-hydrogen) atoms. The number of hydrogen-bond acceptors (Lipinski definition) is 4. The Bertz CT molecular complexity index is 975. The van der Waals surface area contributed by atoms with Crippen LogP contribution in [0.4, 0.5) is 0 Å². The molecule has 0 saturated heterocycles. The second kappa shape index (κ2) is 9.50. The third-order valence-corrected chi connectivity index (χ3v) is 4.46. The van der Waals surface area contributed by atoms with Crippen molar-refractivity contribution < 1.29 is 19.4 Å². The minimum absolute atomic E-state index is 0.304. The summed E-state index contributed by atoms with van der Waals surface area (Å²) in [6, 6.07) is 17.6. The molecule has 0 saturated carbocycles. The number of amides is 1. The number of carboxylic acids is 1. The Morgan fingerprint density at radius 2 is 1.90 bits per heavy atom. The van der Waals surface area contributed by atoms with E-state index in [0.29, 0.717) is 24.3 Å². The van der Waals surface area contributed by atoms with Gasteiger partial charge in [0, 0.05) is 11.8 Å². The molecule has 6 nitrogen and oxygen atoms in total. The van der Waals surface area contributed by atoms with E-state index in [9.17, 15) is 14.7 Å². The van der Waals surface area contributed by atoms with Gasteiger partial charge in [-0.05, 0) is 47.4 Å². The van der Waals surface area contributed by atoms with Crippen molar-refractivity contribution in [1.82, 2.24) is 10.3 Å². The van der Waals surface area contributed by atoms with Crippen molar-refractivity contribution in [1.29, 1.82) is 0 Å². The number of benzene rings is 2. The summed E-state index contributed by atoms with van der Waals surface area (Å²) in [7, 11) is 0. The summed E-state index contributed by atoms with van der Waals surface area (Å²) in [5, 5.41) is 11.8. The highest BCUT2D eigenvalue weighted by Crippen LogP contribution is 2.26. The van der Waals surface area contributed by atoms with Crippen molar-refractivity contribution >= 4 is 11.9 Å². The van der Waals surface area contributed by atoms with Gasteiger partial charge in [-0.15, -0.1) is 0 Å². The predicted molar refractivity (Wildman–Crippen MR) is 110 cm³/mol. The molecule has 0 aliphatic rings. The van der Waals surface area contributed by atoms with E-state index < -0.39 is 17.9 Å². The monoisotopic (exact) mass is 390 g/mol. The number of rotatable bonds is 8. The number of aliphatic carboxylic acids is 1. The van der Waals surface area contributed by atoms with Gasteiger partial charge in [0.15, 0.2) is 0 Å². The van der Waals surface area contributed by atoms with Gasteiger partial charge in [0.05, 0.1) is 6.20 Å². The summed E-state index contributed by atoms with van der Waals surface area (Å²) >= 11 is 0. The Balaban J connectivity index is 1.89. The number of nitrogens with zero attached hydrogens (tertiary/aromatic N) is 1. The third-order valence-electron chi connectivity index (χ3n) is 4.46. The molecule has 3 rings (SSSR count). The van der Waals surface area contributed by atoms with E-state index in [0.717, 1.165) is 16.7 Å². The summed E-state index contributed by atoms with van der Waals surface area (Å²) in [4.78, 5) is 28.1. The fraction of sp³-hybridized carbons (Fsp3) is 0.174. The molecule has 0 fully saturated rings. The van der Waals surface area contributed by atoms with Gasteiger partial charge in [-0.2, -0.15) is 0 Å². The number of carbonyl (C=O) groups excluding carboxylic acids is 1. The van der Waals surface area contributed by atoms with E-state index in [1.54, 1.807) is 37.5 Å². The van der Waals surface area contributed by atoms with Crippen LogP contribution in [0.15, 0.2) is 73.1 Å². The summed E-state index contributed by atoms with van der Waals surface area (Å²) in [6.45, 7) is 2.04. The molecule has 3 aromatic rings. The summed E-state index contributed by atoms with van der Waals surface area (Å²) in [5.41, 5.74) is 2.88. The number of aromatic nitrogens is 1. The molecule has 6 heteroatoms. The van der Waals surface area contributed by atoms with E-state index >= 15 is 0 Å². The van der Waals surface area contributed by atoms with Crippen molar-refractivity contribution in [2.75, 3.05) is 0 Å². The van der Waals surface area contributed by atoms with E-state index in [-0.39, 0.29) is 0 Å². The van der Waals surface area contributed by atoms with Gasteiger partial charge in [-0.3, -0.25) is 9.78 Å². The van der Waals surface area contributed by atoms with E-state index in [4.69, 9.17) is 4.74 Å². The molecule has 1 aromatic heterocycles. The first-order valence-corrected chi connectivity index (χ1v) is 9.33. The maximum atomic E-state index is 12.8. The molecule has 1 unspecified atom stereocenters. The van der Waals surface area contributed by atoms with E-state index in [2.05, 4.69) is 10.3 Å². The summed E-state index contributed by atoms with van der Waals surface area (Å²) < 4.78 is 5.76. The lowest BCUT2D eigenvalue weighted by Gasteiger charge is -2.16. The van der Waals surface area contributed by atoms with Crippen molar-refractivity contribution in [2.45, 2.75) is 26.0 Å². The van der Waals surface area contributed by atoms with Gasteiger partial charge in [0.1, 0.15) is 18.4 Å². The average Bonchev–Trinajstić information content (AvgIpc) is 2.76. The fourth-order valence-electron chi connectivity index (χ4n) is 2.91. The zero-order chi connectivity index (χ0) is 20.6. The largest absolute Gasteiger partial charge is 0.487 e. The second-order valence-electron chi connectivity index (χ2n) is 6.50. The Morgan fingerprint density at radius 1 is 1.10 bits per heavy atom. The first kappa shape index (κ1) is 20.1. The molecule has 0 spiro atoms. The van der Waals surface area contributed by atoms with Crippen LogP contribution in [0.3, 0.4) is 0 Å². The van der Waals surface area contributed by atoms with Crippen LogP contribution >= 0.6 is 0 Å². The Morgan fingerprint density at radius 3 is 2.55 bits per heavy atom.